The molecule has 0 bridgehead atoms. The number of rotatable bonds is 5. The lowest BCUT2D eigenvalue weighted by Gasteiger charge is -2.34. The number of anilines is 1. The molecule has 0 aromatic carbocycles. The maximum Gasteiger partial charge on any atom is 0.249 e. The van der Waals surface area contributed by atoms with Crippen LogP contribution in [0.15, 0.2) is 18.3 Å². The normalized spacial score (nSPS) is 19.1. The van der Waals surface area contributed by atoms with E-state index in [9.17, 15) is 9.59 Å². The molecule has 1 fully saturated rings. The van der Waals surface area contributed by atoms with Gasteiger partial charge in [0.25, 0.3) is 0 Å². The van der Waals surface area contributed by atoms with Crippen LogP contribution in [-0.2, 0) is 16.1 Å². The van der Waals surface area contributed by atoms with E-state index in [4.69, 9.17) is 0 Å². The average molecular weight is 276 g/mol. The third kappa shape index (κ3) is 3.14. The molecule has 6 nitrogen and oxygen atoms in total. The lowest BCUT2D eigenvalue weighted by atomic mass is 10.1. The van der Waals surface area contributed by atoms with E-state index in [1.165, 1.54) is 0 Å². The molecular weight excluding hydrogens is 256 g/mol. The largest absolute Gasteiger partial charge is 0.335 e. The zero-order valence-corrected chi connectivity index (χ0v) is 11.8. The number of carbonyl (C=O) groups excluding carboxylic acids is 2. The van der Waals surface area contributed by atoms with Gasteiger partial charge in [-0.1, -0.05) is 19.9 Å². The molecule has 1 aromatic rings. The molecule has 2 N–H and O–H groups in total. The van der Waals surface area contributed by atoms with E-state index >= 15 is 0 Å². The van der Waals surface area contributed by atoms with Crippen LogP contribution in [0.2, 0.25) is 0 Å². The molecule has 0 saturated carbocycles. The van der Waals surface area contributed by atoms with Crippen LogP contribution < -0.4 is 15.5 Å². The summed E-state index contributed by atoms with van der Waals surface area (Å²) in [6.45, 7) is 5.81. The summed E-state index contributed by atoms with van der Waals surface area (Å²) in [7, 11) is 0. The SMILES string of the molecule is CCNCc1ccc(N2CC(=O)NC(=O)C2CC)nc1. The molecule has 1 unspecified atom stereocenters. The van der Waals surface area contributed by atoms with Gasteiger partial charge in [0.1, 0.15) is 11.9 Å². The molecule has 0 radical (unpaired) electrons. The highest BCUT2D eigenvalue weighted by Crippen LogP contribution is 2.18. The summed E-state index contributed by atoms with van der Waals surface area (Å²) < 4.78 is 0. The number of nitrogens with zero attached hydrogens (tertiary/aromatic N) is 2. The molecule has 2 amide bonds. The molecule has 1 aromatic heterocycles. The number of aromatic nitrogens is 1. The Kier molecular flexibility index (Phi) is 4.68. The zero-order chi connectivity index (χ0) is 14.5. The molecule has 6 heteroatoms. The molecule has 2 rings (SSSR count). The van der Waals surface area contributed by atoms with E-state index in [1.807, 2.05) is 26.0 Å². The Bertz CT molecular complexity index is 486. The Labute approximate surface area is 118 Å². The molecule has 108 valence electrons. The second-order valence-corrected chi connectivity index (χ2v) is 4.77. The van der Waals surface area contributed by atoms with Gasteiger partial charge in [0.05, 0.1) is 6.54 Å². The van der Waals surface area contributed by atoms with Crippen molar-refractivity contribution in [2.75, 3.05) is 18.0 Å². The highest BCUT2D eigenvalue weighted by Gasteiger charge is 2.33. The average Bonchev–Trinajstić information content (AvgIpc) is 2.45. The molecule has 1 atom stereocenters. The molecule has 1 aliphatic heterocycles. The van der Waals surface area contributed by atoms with Crippen molar-refractivity contribution in [2.45, 2.75) is 32.9 Å². The Balaban J connectivity index is 2.15. The van der Waals surface area contributed by atoms with Crippen LogP contribution in [0, 0.1) is 0 Å². The van der Waals surface area contributed by atoms with Crippen molar-refractivity contribution in [2.24, 2.45) is 0 Å². The summed E-state index contributed by atoms with van der Waals surface area (Å²) >= 11 is 0. The molecule has 2 heterocycles. The maximum atomic E-state index is 11.8. The van der Waals surface area contributed by atoms with Gasteiger partial charge >= 0.3 is 0 Å². The summed E-state index contributed by atoms with van der Waals surface area (Å²) in [5.74, 6) is 0.140. The van der Waals surface area contributed by atoms with E-state index in [2.05, 4.69) is 15.6 Å². The Morgan fingerprint density at radius 1 is 1.40 bits per heavy atom. The van der Waals surface area contributed by atoms with Crippen LogP contribution in [0.25, 0.3) is 0 Å². The molecule has 20 heavy (non-hydrogen) atoms. The number of piperazine rings is 1. The maximum absolute atomic E-state index is 11.8. The summed E-state index contributed by atoms with van der Waals surface area (Å²) in [5.41, 5.74) is 1.08. The van der Waals surface area contributed by atoms with Gasteiger partial charge in [-0.25, -0.2) is 4.98 Å². The summed E-state index contributed by atoms with van der Waals surface area (Å²) in [6.07, 6.45) is 2.42. The van der Waals surface area contributed by atoms with Crippen LogP contribution in [-0.4, -0.2) is 35.9 Å². The van der Waals surface area contributed by atoms with Gasteiger partial charge in [0.2, 0.25) is 11.8 Å². The van der Waals surface area contributed by atoms with Crippen molar-refractivity contribution in [3.63, 3.8) is 0 Å². The van der Waals surface area contributed by atoms with Crippen molar-refractivity contribution in [1.29, 1.82) is 0 Å². The number of imide groups is 1. The fraction of sp³-hybridized carbons (Fsp3) is 0.500. The minimum atomic E-state index is -0.334. The third-order valence-electron chi connectivity index (χ3n) is 3.32. The predicted octanol–water partition coefficient (Wildman–Crippen LogP) is 0.432. The first-order chi connectivity index (χ1) is 9.65. The van der Waals surface area contributed by atoms with E-state index in [0.717, 1.165) is 18.7 Å². The molecule has 1 aliphatic rings. The van der Waals surface area contributed by atoms with Gasteiger partial charge in [0.15, 0.2) is 0 Å². The monoisotopic (exact) mass is 276 g/mol. The van der Waals surface area contributed by atoms with Crippen molar-refractivity contribution in [3.8, 4) is 0 Å². The van der Waals surface area contributed by atoms with Crippen molar-refractivity contribution < 1.29 is 9.59 Å². The first-order valence-corrected chi connectivity index (χ1v) is 6.91. The number of hydrogen-bond donors (Lipinski definition) is 2. The third-order valence-corrected chi connectivity index (χ3v) is 3.32. The highest BCUT2D eigenvalue weighted by molar-refractivity contribution is 6.04. The number of amides is 2. The van der Waals surface area contributed by atoms with Crippen molar-refractivity contribution >= 4 is 17.6 Å². The standard InChI is InChI=1S/C14H20N4O2/c1-3-11-14(20)17-13(19)9-18(11)12-6-5-10(8-16-12)7-15-4-2/h5-6,8,11,15H,3-4,7,9H2,1-2H3,(H,17,19,20). The van der Waals surface area contributed by atoms with Gasteiger partial charge in [-0.15, -0.1) is 0 Å². The minimum Gasteiger partial charge on any atom is -0.335 e. The lowest BCUT2D eigenvalue weighted by molar-refractivity contribution is -0.132. The Morgan fingerprint density at radius 3 is 2.80 bits per heavy atom. The zero-order valence-electron chi connectivity index (χ0n) is 11.8. The number of hydrogen-bond acceptors (Lipinski definition) is 5. The van der Waals surface area contributed by atoms with Crippen LogP contribution in [0.1, 0.15) is 25.8 Å². The minimum absolute atomic E-state index is 0.170. The van der Waals surface area contributed by atoms with E-state index < -0.39 is 0 Å². The van der Waals surface area contributed by atoms with Crippen LogP contribution in [0.4, 0.5) is 5.82 Å². The predicted molar refractivity (Wildman–Crippen MR) is 76.2 cm³/mol. The van der Waals surface area contributed by atoms with Crippen LogP contribution >= 0.6 is 0 Å². The van der Waals surface area contributed by atoms with Crippen molar-refractivity contribution in [3.05, 3.63) is 23.9 Å². The summed E-state index contributed by atoms with van der Waals surface area (Å²) in [5, 5.41) is 5.59. The Morgan fingerprint density at radius 2 is 2.20 bits per heavy atom. The van der Waals surface area contributed by atoms with Crippen LogP contribution in [0.5, 0.6) is 0 Å². The molecular formula is C14H20N4O2. The van der Waals surface area contributed by atoms with E-state index in [0.29, 0.717) is 12.2 Å². The fourth-order valence-electron chi connectivity index (χ4n) is 2.27. The smallest absolute Gasteiger partial charge is 0.249 e. The van der Waals surface area contributed by atoms with Gasteiger partial charge in [-0.2, -0.15) is 0 Å². The second kappa shape index (κ2) is 6.47. The van der Waals surface area contributed by atoms with Crippen molar-refractivity contribution in [1.82, 2.24) is 15.6 Å². The van der Waals surface area contributed by atoms with Gasteiger partial charge < -0.3 is 10.2 Å². The van der Waals surface area contributed by atoms with Crippen LogP contribution in [0.3, 0.4) is 0 Å². The summed E-state index contributed by atoms with van der Waals surface area (Å²) in [6, 6.07) is 3.50. The van der Waals surface area contributed by atoms with Gasteiger partial charge in [-0.05, 0) is 24.6 Å². The number of nitrogens with one attached hydrogen (secondary N) is 2. The summed E-state index contributed by atoms with van der Waals surface area (Å²) in [4.78, 5) is 29.5. The highest BCUT2D eigenvalue weighted by atomic mass is 16.2. The van der Waals surface area contributed by atoms with E-state index in [1.54, 1.807) is 11.1 Å². The van der Waals surface area contributed by atoms with E-state index in [-0.39, 0.29) is 24.4 Å². The fourth-order valence-corrected chi connectivity index (χ4v) is 2.27. The lowest BCUT2D eigenvalue weighted by Crippen LogP contribution is -2.58. The molecule has 1 saturated heterocycles. The number of carbonyl (C=O) groups is 2. The topological polar surface area (TPSA) is 74.3 Å². The molecule has 0 aliphatic carbocycles. The quantitative estimate of drug-likeness (QED) is 0.763. The molecule has 0 spiro atoms. The first-order valence-electron chi connectivity index (χ1n) is 6.91. The Hall–Kier alpha value is -1.95. The number of pyridine rings is 1. The second-order valence-electron chi connectivity index (χ2n) is 4.77. The first kappa shape index (κ1) is 14.5. The van der Waals surface area contributed by atoms with Gasteiger partial charge in [-0.3, -0.25) is 14.9 Å². The van der Waals surface area contributed by atoms with Gasteiger partial charge in [0, 0.05) is 12.7 Å².